The number of aryl methyl sites for hydroxylation is 1. The molecule has 0 atom stereocenters. The molecule has 1 aromatic carbocycles. The Morgan fingerprint density at radius 2 is 2.06 bits per heavy atom. The molecule has 4 rings (SSSR count). The van der Waals surface area contributed by atoms with E-state index in [1.807, 2.05) is 23.6 Å². The van der Waals surface area contributed by atoms with E-state index in [0.29, 0.717) is 29.9 Å². The highest BCUT2D eigenvalue weighted by Crippen LogP contribution is 2.30. The molecule has 10 heteroatoms. The van der Waals surface area contributed by atoms with Gasteiger partial charge in [0.15, 0.2) is 0 Å². The highest BCUT2D eigenvalue weighted by molar-refractivity contribution is 6.08. The molecule has 1 fully saturated rings. The summed E-state index contributed by atoms with van der Waals surface area (Å²) in [7, 11) is 1.46. The number of pyridine rings is 1. The van der Waals surface area contributed by atoms with Crippen molar-refractivity contribution in [3.63, 3.8) is 0 Å². The Morgan fingerprint density at radius 3 is 2.77 bits per heavy atom. The number of hydrogen-bond acceptors (Lipinski definition) is 7. The van der Waals surface area contributed by atoms with E-state index in [2.05, 4.69) is 20.5 Å². The van der Waals surface area contributed by atoms with Crippen LogP contribution < -0.4 is 10.6 Å². The van der Waals surface area contributed by atoms with Crippen LogP contribution in [0.25, 0.3) is 22.4 Å². The summed E-state index contributed by atoms with van der Waals surface area (Å²) in [5.41, 5.74) is 3.16. The second-order valence-corrected chi connectivity index (χ2v) is 8.36. The van der Waals surface area contributed by atoms with E-state index >= 15 is 0 Å². The molecule has 2 N–H and O–H groups in total. The molecule has 0 spiro atoms. The lowest BCUT2D eigenvalue weighted by atomic mass is 10.1. The molecule has 186 valence electrons. The number of methoxy groups -OCH3 is 1. The van der Waals surface area contributed by atoms with Crippen LogP contribution in [0.1, 0.15) is 23.7 Å². The Balaban J connectivity index is 1.62. The number of hydrogen-bond donors (Lipinski definition) is 2. The summed E-state index contributed by atoms with van der Waals surface area (Å²) in [6.45, 7) is 7.36. The molecule has 2 aromatic heterocycles. The molecule has 1 aliphatic rings. The standard InChI is InChI=1S/C25H32N6O4/c1-3-31-23-20(25(33)27-8-5-9-30-10-12-35-13-11-30)14-19(28-22(32)17-34-2)15-21(23)29-24(31)18-6-4-7-26-16-18/h4,6-7,14-16H,3,5,8-13,17H2,1-2H3,(H,27,33)(H,28,32). The fraction of sp³-hybridized carbons (Fsp3) is 0.440. The molecular weight excluding hydrogens is 448 g/mol. The third-order valence-corrected chi connectivity index (χ3v) is 5.92. The minimum absolute atomic E-state index is 0.0779. The molecule has 10 nitrogen and oxygen atoms in total. The monoisotopic (exact) mass is 480 g/mol. The van der Waals surface area contributed by atoms with Gasteiger partial charge in [0.25, 0.3) is 5.91 Å². The number of aromatic nitrogens is 3. The van der Waals surface area contributed by atoms with E-state index in [-0.39, 0.29) is 18.4 Å². The number of morpholine rings is 1. The van der Waals surface area contributed by atoms with Crippen molar-refractivity contribution in [2.24, 2.45) is 0 Å². The Bertz CT molecular complexity index is 1160. The lowest BCUT2D eigenvalue weighted by Crippen LogP contribution is -2.38. The molecule has 3 heterocycles. The molecule has 0 unspecified atom stereocenters. The third kappa shape index (κ3) is 6.02. The molecular formula is C25H32N6O4. The van der Waals surface area contributed by atoms with Gasteiger partial charge in [-0.05, 0) is 44.2 Å². The van der Waals surface area contributed by atoms with E-state index in [9.17, 15) is 9.59 Å². The van der Waals surface area contributed by atoms with Crippen molar-refractivity contribution in [2.45, 2.75) is 19.9 Å². The normalized spacial score (nSPS) is 14.2. The van der Waals surface area contributed by atoms with E-state index < -0.39 is 0 Å². The zero-order chi connectivity index (χ0) is 24.6. The topological polar surface area (TPSA) is 111 Å². The quantitative estimate of drug-likeness (QED) is 0.428. The second kappa shape index (κ2) is 11.9. The summed E-state index contributed by atoms with van der Waals surface area (Å²) < 4.78 is 12.3. The smallest absolute Gasteiger partial charge is 0.253 e. The number of amides is 2. The minimum Gasteiger partial charge on any atom is -0.379 e. The maximum absolute atomic E-state index is 13.4. The Morgan fingerprint density at radius 1 is 1.23 bits per heavy atom. The largest absolute Gasteiger partial charge is 0.379 e. The van der Waals surface area contributed by atoms with Gasteiger partial charge in [0.2, 0.25) is 5.91 Å². The summed E-state index contributed by atoms with van der Waals surface area (Å²) in [4.78, 5) is 36.9. The van der Waals surface area contributed by atoms with Gasteiger partial charge in [0, 0.05) is 56.9 Å². The maximum atomic E-state index is 13.4. The second-order valence-electron chi connectivity index (χ2n) is 8.36. The highest BCUT2D eigenvalue weighted by atomic mass is 16.5. The summed E-state index contributed by atoms with van der Waals surface area (Å²) in [5, 5.41) is 5.85. The number of carbonyl (C=O) groups is 2. The highest BCUT2D eigenvalue weighted by Gasteiger charge is 2.21. The van der Waals surface area contributed by atoms with Crippen molar-refractivity contribution in [3.8, 4) is 11.4 Å². The van der Waals surface area contributed by atoms with E-state index in [1.54, 1.807) is 24.5 Å². The lowest BCUT2D eigenvalue weighted by molar-refractivity contribution is -0.119. The number of nitrogens with one attached hydrogen (secondary N) is 2. The van der Waals surface area contributed by atoms with Crippen LogP contribution in [0.2, 0.25) is 0 Å². The maximum Gasteiger partial charge on any atom is 0.253 e. The van der Waals surface area contributed by atoms with Crippen molar-refractivity contribution < 1.29 is 19.1 Å². The summed E-state index contributed by atoms with van der Waals surface area (Å²) in [5.74, 6) is 0.218. The number of ether oxygens (including phenoxy) is 2. The van der Waals surface area contributed by atoms with Gasteiger partial charge in [-0.25, -0.2) is 4.98 Å². The fourth-order valence-electron chi connectivity index (χ4n) is 4.29. The van der Waals surface area contributed by atoms with Crippen LogP contribution in [-0.2, 0) is 20.8 Å². The Labute approximate surface area is 204 Å². The van der Waals surface area contributed by atoms with Crippen molar-refractivity contribution in [3.05, 3.63) is 42.2 Å². The van der Waals surface area contributed by atoms with Gasteiger partial charge in [0.05, 0.1) is 29.8 Å². The average Bonchev–Trinajstić information content (AvgIpc) is 3.26. The molecule has 0 bridgehead atoms. The number of imidazole rings is 1. The lowest BCUT2D eigenvalue weighted by Gasteiger charge is -2.26. The van der Waals surface area contributed by atoms with Crippen molar-refractivity contribution in [1.29, 1.82) is 0 Å². The van der Waals surface area contributed by atoms with Gasteiger partial charge in [-0.15, -0.1) is 0 Å². The summed E-state index contributed by atoms with van der Waals surface area (Å²) in [6, 6.07) is 7.28. The summed E-state index contributed by atoms with van der Waals surface area (Å²) in [6.07, 6.45) is 4.30. The van der Waals surface area contributed by atoms with Crippen molar-refractivity contribution in [1.82, 2.24) is 24.8 Å². The van der Waals surface area contributed by atoms with Crippen LogP contribution in [-0.4, -0.2) is 84.4 Å². The molecule has 1 aliphatic heterocycles. The van der Waals surface area contributed by atoms with Crippen molar-refractivity contribution in [2.75, 3.05) is 58.4 Å². The zero-order valence-electron chi connectivity index (χ0n) is 20.2. The first-order chi connectivity index (χ1) is 17.1. The average molecular weight is 481 g/mol. The van der Waals surface area contributed by atoms with Gasteiger partial charge >= 0.3 is 0 Å². The van der Waals surface area contributed by atoms with Gasteiger partial charge in [-0.2, -0.15) is 0 Å². The fourth-order valence-corrected chi connectivity index (χ4v) is 4.29. The molecule has 0 saturated carbocycles. The van der Waals surface area contributed by atoms with Gasteiger partial charge in [0.1, 0.15) is 12.4 Å². The molecule has 3 aromatic rings. The molecule has 35 heavy (non-hydrogen) atoms. The first kappa shape index (κ1) is 24.8. The molecule has 0 radical (unpaired) electrons. The SMILES string of the molecule is CCn1c(-c2cccnc2)nc2cc(NC(=O)COC)cc(C(=O)NCCCN3CCOCC3)c21. The summed E-state index contributed by atoms with van der Waals surface area (Å²) >= 11 is 0. The Hall–Kier alpha value is -3.34. The number of carbonyl (C=O) groups excluding carboxylic acids is 2. The predicted molar refractivity (Wildman–Crippen MR) is 133 cm³/mol. The van der Waals surface area contributed by atoms with E-state index in [4.69, 9.17) is 14.5 Å². The minimum atomic E-state index is -0.300. The Kier molecular flexibility index (Phi) is 8.40. The van der Waals surface area contributed by atoms with Gasteiger partial charge < -0.3 is 24.7 Å². The van der Waals surface area contributed by atoms with Crippen LogP contribution in [0.4, 0.5) is 5.69 Å². The molecule has 1 saturated heterocycles. The number of benzene rings is 1. The van der Waals surface area contributed by atoms with Crippen LogP contribution in [0, 0.1) is 0 Å². The van der Waals surface area contributed by atoms with E-state index in [0.717, 1.165) is 56.2 Å². The number of fused-ring (bicyclic) bond motifs is 1. The number of nitrogens with zero attached hydrogens (tertiary/aromatic N) is 4. The first-order valence-corrected chi connectivity index (χ1v) is 11.9. The molecule has 2 amide bonds. The number of anilines is 1. The van der Waals surface area contributed by atoms with E-state index in [1.165, 1.54) is 7.11 Å². The van der Waals surface area contributed by atoms with Crippen LogP contribution in [0.3, 0.4) is 0 Å². The van der Waals surface area contributed by atoms with Crippen LogP contribution >= 0.6 is 0 Å². The van der Waals surface area contributed by atoms with Crippen LogP contribution in [0.15, 0.2) is 36.7 Å². The number of rotatable bonds is 10. The first-order valence-electron chi connectivity index (χ1n) is 11.9. The van der Waals surface area contributed by atoms with Crippen LogP contribution in [0.5, 0.6) is 0 Å². The predicted octanol–water partition coefficient (Wildman–Crippen LogP) is 2.16. The van der Waals surface area contributed by atoms with Gasteiger partial charge in [-0.1, -0.05) is 0 Å². The molecule has 0 aliphatic carbocycles. The zero-order valence-corrected chi connectivity index (χ0v) is 20.2. The third-order valence-electron chi connectivity index (χ3n) is 5.92. The van der Waals surface area contributed by atoms with Crippen molar-refractivity contribution >= 4 is 28.5 Å². The van der Waals surface area contributed by atoms with Gasteiger partial charge in [-0.3, -0.25) is 19.5 Å².